The Morgan fingerprint density at radius 2 is 2.12 bits per heavy atom. The van der Waals surface area contributed by atoms with E-state index in [4.69, 9.17) is 5.73 Å². The fraction of sp³-hybridized carbons (Fsp3) is 0.769. The van der Waals surface area contributed by atoms with Crippen molar-refractivity contribution in [3.63, 3.8) is 0 Å². The molecule has 1 saturated carbocycles. The fourth-order valence-electron chi connectivity index (χ4n) is 2.61. The first kappa shape index (κ1) is 14.8. The van der Waals surface area contributed by atoms with Gasteiger partial charge in [0.2, 0.25) is 0 Å². The molecule has 3 N–H and O–H groups in total. The topological polar surface area (TPSA) is 50.4 Å². The lowest BCUT2D eigenvalue weighted by Crippen LogP contribution is -2.38. The zero-order chi connectivity index (χ0) is 11.2. The second-order valence-electron chi connectivity index (χ2n) is 4.90. The average Bonchev–Trinajstić information content (AvgIpc) is 2.90. The Bertz CT molecular complexity index is 280. The third kappa shape index (κ3) is 5.27. The summed E-state index contributed by atoms with van der Waals surface area (Å²) in [5.41, 5.74) is 7.42. The van der Waals surface area contributed by atoms with Crippen molar-refractivity contribution in [2.45, 2.75) is 57.4 Å². The van der Waals surface area contributed by atoms with Gasteiger partial charge in [0.15, 0.2) is 5.96 Å². The molecule has 0 heterocycles. The van der Waals surface area contributed by atoms with E-state index in [9.17, 15) is 0 Å². The largest absolute Gasteiger partial charge is 0.370 e. The number of nitrogens with two attached hydrogens (primary N) is 1. The molecule has 0 unspecified atom stereocenters. The van der Waals surface area contributed by atoms with Crippen molar-refractivity contribution in [1.82, 2.24) is 5.32 Å². The van der Waals surface area contributed by atoms with E-state index in [1.54, 1.807) is 5.57 Å². The fourth-order valence-corrected chi connectivity index (χ4v) is 2.61. The van der Waals surface area contributed by atoms with E-state index in [2.05, 4.69) is 16.4 Å². The Morgan fingerprint density at radius 3 is 2.76 bits per heavy atom. The average molecular weight is 349 g/mol. The number of nitrogens with one attached hydrogen (secondary N) is 1. The second kappa shape index (κ2) is 7.95. The van der Waals surface area contributed by atoms with E-state index in [0.29, 0.717) is 12.0 Å². The van der Waals surface area contributed by atoms with Gasteiger partial charge < -0.3 is 11.1 Å². The number of nitrogens with zero attached hydrogens (tertiary/aromatic N) is 1. The molecule has 0 saturated heterocycles. The Labute approximate surface area is 121 Å². The van der Waals surface area contributed by atoms with E-state index < -0.39 is 0 Å². The molecule has 0 aliphatic heterocycles. The number of aliphatic imine (C=N–C) groups is 1. The van der Waals surface area contributed by atoms with Crippen LogP contribution in [0, 0.1) is 0 Å². The molecule has 2 aliphatic carbocycles. The molecular weight excluding hydrogens is 325 g/mol. The molecule has 0 aromatic rings. The maximum absolute atomic E-state index is 5.86. The minimum absolute atomic E-state index is 0. The van der Waals surface area contributed by atoms with Crippen LogP contribution in [0.4, 0.5) is 0 Å². The summed E-state index contributed by atoms with van der Waals surface area (Å²) in [6.07, 6.45) is 12.5. The molecule has 0 radical (unpaired) electrons. The van der Waals surface area contributed by atoms with Crippen molar-refractivity contribution in [2.24, 2.45) is 10.7 Å². The van der Waals surface area contributed by atoms with Crippen LogP contribution in [0.1, 0.15) is 51.4 Å². The third-order valence-corrected chi connectivity index (χ3v) is 3.56. The lowest BCUT2D eigenvalue weighted by Gasteiger charge is -2.12. The predicted octanol–water partition coefficient (Wildman–Crippen LogP) is 2.95. The standard InChI is InChI=1S/C13H23N3.HI/c14-13(16-12-7-3-4-8-12)15-10-9-11-5-1-2-6-11;/h5,12H,1-4,6-10H2,(H3,14,15,16);1H. The Balaban J connectivity index is 0.00000144. The van der Waals surface area contributed by atoms with Crippen LogP contribution in [0.3, 0.4) is 0 Å². The minimum atomic E-state index is 0. The molecule has 98 valence electrons. The summed E-state index contributed by atoms with van der Waals surface area (Å²) in [4.78, 5) is 4.39. The number of halogens is 1. The maximum atomic E-state index is 5.86. The van der Waals surface area contributed by atoms with Gasteiger partial charge in [-0.15, -0.1) is 24.0 Å². The van der Waals surface area contributed by atoms with Crippen LogP contribution in [0.2, 0.25) is 0 Å². The number of hydrogen-bond acceptors (Lipinski definition) is 1. The van der Waals surface area contributed by atoms with Gasteiger partial charge in [0.1, 0.15) is 0 Å². The highest BCUT2D eigenvalue weighted by molar-refractivity contribution is 14.0. The molecular formula is C13H24IN3. The molecule has 0 aromatic heterocycles. The number of rotatable bonds is 4. The molecule has 0 atom stereocenters. The van der Waals surface area contributed by atoms with Crippen molar-refractivity contribution in [2.75, 3.05) is 6.54 Å². The quantitative estimate of drug-likeness (QED) is 0.355. The van der Waals surface area contributed by atoms with Crippen molar-refractivity contribution in [3.05, 3.63) is 11.6 Å². The van der Waals surface area contributed by atoms with Crippen LogP contribution < -0.4 is 11.1 Å². The summed E-state index contributed by atoms with van der Waals surface area (Å²) in [6, 6.07) is 0.578. The van der Waals surface area contributed by atoms with Crippen molar-refractivity contribution < 1.29 is 0 Å². The first-order valence-electron chi connectivity index (χ1n) is 6.59. The Morgan fingerprint density at radius 1 is 1.35 bits per heavy atom. The van der Waals surface area contributed by atoms with Gasteiger partial charge in [-0.2, -0.15) is 0 Å². The van der Waals surface area contributed by atoms with E-state index in [1.807, 2.05) is 0 Å². The SMILES string of the molecule is I.NC(=NCCC1=CCCC1)NC1CCCC1. The molecule has 2 rings (SSSR count). The van der Waals surface area contributed by atoms with Crippen molar-refractivity contribution in [1.29, 1.82) is 0 Å². The van der Waals surface area contributed by atoms with Gasteiger partial charge in [-0.3, -0.25) is 4.99 Å². The van der Waals surface area contributed by atoms with E-state index in [-0.39, 0.29) is 24.0 Å². The van der Waals surface area contributed by atoms with Crippen molar-refractivity contribution in [3.8, 4) is 0 Å². The van der Waals surface area contributed by atoms with Gasteiger partial charge in [-0.1, -0.05) is 24.5 Å². The Hall–Kier alpha value is -0.260. The molecule has 17 heavy (non-hydrogen) atoms. The summed E-state index contributed by atoms with van der Waals surface area (Å²) in [5.74, 6) is 0.644. The van der Waals surface area contributed by atoms with Crippen LogP contribution in [0.15, 0.2) is 16.6 Å². The van der Waals surface area contributed by atoms with Crippen LogP contribution in [-0.2, 0) is 0 Å². The summed E-state index contributed by atoms with van der Waals surface area (Å²) >= 11 is 0. The molecule has 0 bridgehead atoms. The normalized spacial score (nSPS) is 21.2. The molecule has 1 fully saturated rings. The zero-order valence-corrected chi connectivity index (χ0v) is 12.8. The summed E-state index contributed by atoms with van der Waals surface area (Å²) in [7, 11) is 0. The van der Waals surface area contributed by atoms with Gasteiger partial charge in [0, 0.05) is 12.6 Å². The van der Waals surface area contributed by atoms with Crippen LogP contribution in [-0.4, -0.2) is 18.5 Å². The van der Waals surface area contributed by atoms with E-state index in [0.717, 1.165) is 13.0 Å². The highest BCUT2D eigenvalue weighted by Gasteiger charge is 2.14. The van der Waals surface area contributed by atoms with Crippen molar-refractivity contribution >= 4 is 29.9 Å². The lowest BCUT2D eigenvalue weighted by molar-refractivity contribution is 0.625. The lowest BCUT2D eigenvalue weighted by atomic mass is 10.2. The minimum Gasteiger partial charge on any atom is -0.370 e. The molecule has 4 heteroatoms. The number of guanidine groups is 1. The summed E-state index contributed by atoms with van der Waals surface area (Å²) in [5, 5.41) is 3.31. The first-order chi connectivity index (χ1) is 7.84. The van der Waals surface area contributed by atoms with Gasteiger partial charge in [0.25, 0.3) is 0 Å². The number of hydrogen-bond donors (Lipinski definition) is 2. The van der Waals surface area contributed by atoms with Crippen LogP contribution in [0.25, 0.3) is 0 Å². The molecule has 0 amide bonds. The van der Waals surface area contributed by atoms with Gasteiger partial charge in [-0.05, 0) is 38.5 Å². The highest BCUT2D eigenvalue weighted by atomic mass is 127. The van der Waals surface area contributed by atoms with Gasteiger partial charge in [-0.25, -0.2) is 0 Å². The smallest absolute Gasteiger partial charge is 0.188 e. The molecule has 3 nitrogen and oxygen atoms in total. The van der Waals surface area contributed by atoms with Gasteiger partial charge >= 0.3 is 0 Å². The Kier molecular flexibility index (Phi) is 6.92. The van der Waals surface area contributed by atoms with E-state index >= 15 is 0 Å². The third-order valence-electron chi connectivity index (χ3n) is 3.56. The van der Waals surface area contributed by atoms with Crippen LogP contribution in [0.5, 0.6) is 0 Å². The maximum Gasteiger partial charge on any atom is 0.188 e. The van der Waals surface area contributed by atoms with E-state index in [1.165, 1.54) is 44.9 Å². The monoisotopic (exact) mass is 349 g/mol. The van der Waals surface area contributed by atoms with Crippen LogP contribution >= 0.6 is 24.0 Å². The highest BCUT2D eigenvalue weighted by Crippen LogP contribution is 2.20. The second-order valence-corrected chi connectivity index (χ2v) is 4.90. The summed E-state index contributed by atoms with van der Waals surface area (Å²) < 4.78 is 0. The zero-order valence-electron chi connectivity index (χ0n) is 10.5. The van der Waals surface area contributed by atoms with Gasteiger partial charge in [0.05, 0.1) is 0 Å². The first-order valence-corrected chi connectivity index (χ1v) is 6.59. The molecule has 2 aliphatic rings. The predicted molar refractivity (Wildman–Crippen MR) is 83.8 cm³/mol. The summed E-state index contributed by atoms with van der Waals surface area (Å²) in [6.45, 7) is 0.845. The number of allylic oxidation sites excluding steroid dienone is 1. The molecule has 0 aromatic carbocycles. The molecule has 0 spiro atoms.